The van der Waals surface area contributed by atoms with Gasteiger partial charge in [0.1, 0.15) is 11.5 Å². The fourth-order valence-corrected chi connectivity index (χ4v) is 5.57. The molecule has 0 fully saturated rings. The third-order valence-electron chi connectivity index (χ3n) is 4.78. The van der Waals surface area contributed by atoms with E-state index in [-0.39, 0.29) is 17.4 Å². The minimum Gasteiger partial charge on any atom is -0.383 e. The number of pyridine rings is 1. The number of halogens is 1. The lowest BCUT2D eigenvalue weighted by Crippen LogP contribution is -2.34. The normalized spacial score (nSPS) is 14.4. The molecule has 0 saturated carbocycles. The van der Waals surface area contributed by atoms with E-state index in [1.54, 1.807) is 29.3 Å². The number of rotatable bonds is 7. The Morgan fingerprint density at radius 1 is 1.23 bits per heavy atom. The average Bonchev–Trinajstić information content (AvgIpc) is 3.27. The van der Waals surface area contributed by atoms with Crippen LogP contribution in [0.4, 0.5) is 5.82 Å². The molecule has 3 aromatic rings. The number of thiophene rings is 1. The first-order valence-corrected chi connectivity index (χ1v) is 12.0. The maximum absolute atomic E-state index is 12.7. The highest BCUT2D eigenvalue weighted by Gasteiger charge is 2.27. The number of anilines is 1. The Morgan fingerprint density at radius 3 is 2.83 bits per heavy atom. The van der Waals surface area contributed by atoms with Crippen LogP contribution < -0.4 is 10.5 Å². The molecule has 1 amide bonds. The molecule has 0 bridgehead atoms. The van der Waals surface area contributed by atoms with Crippen molar-refractivity contribution in [1.29, 1.82) is 0 Å². The van der Waals surface area contributed by atoms with E-state index in [1.807, 2.05) is 24.3 Å². The van der Waals surface area contributed by atoms with Crippen LogP contribution in [0, 0.1) is 0 Å². The summed E-state index contributed by atoms with van der Waals surface area (Å²) in [5.41, 5.74) is 6.91. The van der Waals surface area contributed by atoms with Crippen molar-refractivity contribution in [2.45, 2.75) is 13.0 Å². The van der Waals surface area contributed by atoms with E-state index in [2.05, 4.69) is 9.71 Å². The summed E-state index contributed by atoms with van der Waals surface area (Å²) in [5.74, 6) is -0.0384. The highest BCUT2D eigenvalue weighted by atomic mass is 35.5. The Morgan fingerprint density at radius 2 is 2.07 bits per heavy atom. The van der Waals surface area contributed by atoms with Gasteiger partial charge >= 0.3 is 0 Å². The Labute approximate surface area is 183 Å². The lowest BCUT2D eigenvalue weighted by atomic mass is 10.1. The van der Waals surface area contributed by atoms with Crippen molar-refractivity contribution >= 4 is 55.5 Å². The number of nitrogens with two attached hydrogens (primary N) is 1. The molecule has 10 heteroatoms. The number of nitrogen functional groups attached to an aromatic ring is 1. The van der Waals surface area contributed by atoms with Gasteiger partial charge in [-0.2, -0.15) is 0 Å². The van der Waals surface area contributed by atoms with Crippen LogP contribution in [0.3, 0.4) is 0 Å². The molecule has 3 heterocycles. The molecule has 0 unspecified atom stereocenters. The molecule has 1 aliphatic heterocycles. The first-order chi connectivity index (χ1) is 14.3. The molecule has 4 rings (SSSR count). The lowest BCUT2D eigenvalue weighted by molar-refractivity contribution is -0.126. The minimum absolute atomic E-state index is 0.0844. The number of aryl methyl sites for hydroxylation is 1. The largest absolute Gasteiger partial charge is 0.383 e. The highest BCUT2D eigenvalue weighted by molar-refractivity contribution is 7.89. The fraction of sp³-hybridized carbons (Fsp3) is 0.200. The van der Waals surface area contributed by atoms with E-state index in [0.717, 1.165) is 21.2 Å². The molecule has 156 valence electrons. The number of benzene rings is 1. The van der Waals surface area contributed by atoms with Gasteiger partial charge in [-0.25, -0.2) is 13.4 Å². The SMILES string of the molecule is Nc1nccc2ccc(CN3CC=C(NS(=O)(=O)CCc4ccc(Cl)s4)C3=O)cc12. The third-order valence-corrected chi connectivity index (χ3v) is 7.34. The van der Waals surface area contributed by atoms with Gasteiger partial charge in [0.15, 0.2) is 0 Å². The minimum atomic E-state index is -3.64. The summed E-state index contributed by atoms with van der Waals surface area (Å²) in [6, 6.07) is 11.2. The van der Waals surface area contributed by atoms with Crippen LogP contribution in [-0.2, 0) is 27.8 Å². The summed E-state index contributed by atoms with van der Waals surface area (Å²) in [5, 5.41) is 1.79. The van der Waals surface area contributed by atoms with Gasteiger partial charge in [0.2, 0.25) is 10.0 Å². The quantitative estimate of drug-likeness (QED) is 0.561. The summed E-state index contributed by atoms with van der Waals surface area (Å²) in [7, 11) is -3.64. The summed E-state index contributed by atoms with van der Waals surface area (Å²) >= 11 is 7.22. The smallest absolute Gasteiger partial charge is 0.271 e. The number of nitrogens with zero attached hydrogens (tertiary/aromatic N) is 2. The second kappa shape index (κ2) is 8.25. The summed E-state index contributed by atoms with van der Waals surface area (Å²) in [6.07, 6.45) is 3.58. The Kier molecular flexibility index (Phi) is 5.68. The maximum Gasteiger partial charge on any atom is 0.271 e. The van der Waals surface area contributed by atoms with Gasteiger partial charge in [-0.3, -0.25) is 9.52 Å². The van der Waals surface area contributed by atoms with Gasteiger partial charge in [-0.1, -0.05) is 23.7 Å². The predicted molar refractivity (Wildman–Crippen MR) is 120 cm³/mol. The van der Waals surface area contributed by atoms with Crippen LogP contribution in [-0.4, -0.2) is 36.5 Å². The second-order valence-electron chi connectivity index (χ2n) is 6.93. The summed E-state index contributed by atoms with van der Waals surface area (Å²) in [6.45, 7) is 0.677. The van der Waals surface area contributed by atoms with Crippen molar-refractivity contribution in [3.05, 3.63) is 69.1 Å². The molecule has 3 N–H and O–H groups in total. The van der Waals surface area contributed by atoms with E-state index < -0.39 is 10.0 Å². The van der Waals surface area contributed by atoms with Crippen LogP contribution in [0.2, 0.25) is 4.34 Å². The second-order valence-corrected chi connectivity index (χ2v) is 10.6. The molecule has 0 atom stereocenters. The van der Waals surface area contributed by atoms with E-state index in [4.69, 9.17) is 17.3 Å². The third kappa shape index (κ3) is 4.58. The number of amides is 1. The van der Waals surface area contributed by atoms with Gasteiger partial charge < -0.3 is 10.6 Å². The zero-order valence-corrected chi connectivity index (χ0v) is 18.2. The van der Waals surface area contributed by atoms with Gasteiger partial charge in [-0.05, 0) is 47.7 Å². The molecule has 1 aromatic carbocycles. The number of fused-ring (bicyclic) bond motifs is 1. The zero-order valence-electron chi connectivity index (χ0n) is 15.8. The van der Waals surface area contributed by atoms with Crippen molar-refractivity contribution < 1.29 is 13.2 Å². The van der Waals surface area contributed by atoms with Gasteiger partial charge in [-0.15, -0.1) is 11.3 Å². The topological polar surface area (TPSA) is 105 Å². The number of hydrogen-bond acceptors (Lipinski definition) is 6. The van der Waals surface area contributed by atoms with Gasteiger partial charge in [0.25, 0.3) is 5.91 Å². The predicted octanol–water partition coefficient (Wildman–Crippen LogP) is 2.92. The first kappa shape index (κ1) is 20.6. The van der Waals surface area contributed by atoms with Crippen molar-refractivity contribution in [2.24, 2.45) is 0 Å². The van der Waals surface area contributed by atoms with Crippen LogP contribution in [0.15, 0.2) is 54.4 Å². The summed E-state index contributed by atoms with van der Waals surface area (Å²) < 4.78 is 27.8. The molecule has 0 radical (unpaired) electrons. The van der Waals surface area contributed by atoms with Crippen LogP contribution in [0.1, 0.15) is 10.4 Å². The van der Waals surface area contributed by atoms with Crippen LogP contribution in [0.5, 0.6) is 0 Å². The van der Waals surface area contributed by atoms with Gasteiger partial charge in [0, 0.05) is 29.5 Å². The standard InChI is InChI=1S/C20H19ClN4O3S2/c21-18-4-3-15(29-18)7-10-30(27,28)24-17-6-9-25(20(17)26)12-13-1-2-14-5-8-23-19(22)16(14)11-13/h1-6,8,11,24H,7,9-10,12H2,(H2,22,23). The Bertz CT molecular complexity index is 1250. The number of sulfonamides is 1. The van der Waals surface area contributed by atoms with Crippen LogP contribution >= 0.6 is 22.9 Å². The number of aromatic nitrogens is 1. The van der Waals surface area contributed by atoms with Crippen LogP contribution in [0.25, 0.3) is 10.8 Å². The molecule has 30 heavy (non-hydrogen) atoms. The molecule has 0 saturated heterocycles. The molecule has 0 aliphatic carbocycles. The number of nitrogens with one attached hydrogen (secondary N) is 1. The monoisotopic (exact) mass is 462 g/mol. The molecular weight excluding hydrogens is 444 g/mol. The van der Waals surface area contributed by atoms with E-state index in [1.165, 1.54) is 11.3 Å². The molecular formula is C20H19ClN4O3S2. The molecule has 7 nitrogen and oxygen atoms in total. The van der Waals surface area contributed by atoms with Gasteiger partial charge in [0.05, 0.1) is 10.1 Å². The first-order valence-electron chi connectivity index (χ1n) is 9.18. The maximum atomic E-state index is 12.7. The van der Waals surface area contributed by atoms with Crippen molar-refractivity contribution in [3.63, 3.8) is 0 Å². The van der Waals surface area contributed by atoms with Crippen molar-refractivity contribution in [2.75, 3.05) is 18.0 Å². The molecule has 1 aliphatic rings. The van der Waals surface area contributed by atoms with E-state index in [9.17, 15) is 13.2 Å². The number of carbonyl (C=O) groups excluding carboxylic acids is 1. The lowest BCUT2D eigenvalue weighted by Gasteiger charge is -2.17. The van der Waals surface area contributed by atoms with Crippen molar-refractivity contribution in [3.8, 4) is 0 Å². The Hall–Kier alpha value is -2.62. The number of carbonyl (C=O) groups is 1. The summed E-state index contributed by atoms with van der Waals surface area (Å²) in [4.78, 5) is 19.2. The molecule has 0 spiro atoms. The average molecular weight is 463 g/mol. The van der Waals surface area contributed by atoms with E-state index in [0.29, 0.717) is 29.7 Å². The Balaban J connectivity index is 1.39. The number of hydrogen-bond donors (Lipinski definition) is 2. The highest BCUT2D eigenvalue weighted by Crippen LogP contribution is 2.23. The fourth-order valence-electron chi connectivity index (χ4n) is 3.26. The van der Waals surface area contributed by atoms with Crippen molar-refractivity contribution in [1.82, 2.24) is 14.6 Å². The zero-order chi connectivity index (χ0) is 21.3. The molecule has 2 aromatic heterocycles. The van der Waals surface area contributed by atoms with E-state index >= 15 is 0 Å².